The van der Waals surface area contributed by atoms with E-state index in [1.54, 1.807) is 0 Å². The van der Waals surface area contributed by atoms with Crippen molar-refractivity contribution in [2.45, 2.75) is 122 Å². The molecule has 160 valence electrons. The minimum Gasteiger partial charge on any atom is -0.390 e. The highest BCUT2D eigenvalue weighted by atomic mass is 16.5. The summed E-state index contributed by atoms with van der Waals surface area (Å²) in [4.78, 5) is 11.6. The van der Waals surface area contributed by atoms with Gasteiger partial charge in [-0.05, 0) is 25.2 Å². The summed E-state index contributed by atoms with van der Waals surface area (Å²) in [6.45, 7) is 7.12. The Morgan fingerprint density at radius 3 is 2.52 bits per heavy atom. The van der Waals surface area contributed by atoms with Crippen LogP contribution in [0.5, 0.6) is 0 Å². The highest BCUT2D eigenvalue weighted by Crippen LogP contribution is 2.28. The summed E-state index contributed by atoms with van der Waals surface area (Å²) in [6.07, 6.45) is 10.1. The second-order valence-corrected chi connectivity index (χ2v) is 8.58. The first-order chi connectivity index (χ1) is 12.9. The maximum absolute atomic E-state index is 11.6. The van der Waals surface area contributed by atoms with Crippen LogP contribution < -0.4 is 5.32 Å². The van der Waals surface area contributed by atoms with E-state index >= 15 is 0 Å². The lowest BCUT2D eigenvalue weighted by Crippen LogP contribution is -2.26. The van der Waals surface area contributed by atoms with Crippen LogP contribution in [0.3, 0.4) is 0 Å². The molecule has 1 aliphatic rings. The van der Waals surface area contributed by atoms with Crippen LogP contribution in [0.15, 0.2) is 0 Å². The maximum Gasteiger partial charge on any atom is 0.220 e. The van der Waals surface area contributed by atoms with Crippen molar-refractivity contribution in [2.24, 2.45) is 5.92 Å². The molecule has 0 bridgehead atoms. The van der Waals surface area contributed by atoms with Crippen molar-refractivity contribution >= 4 is 5.91 Å². The van der Waals surface area contributed by atoms with E-state index in [9.17, 15) is 15.0 Å². The van der Waals surface area contributed by atoms with E-state index in [1.807, 2.05) is 0 Å². The molecule has 1 fully saturated rings. The van der Waals surface area contributed by atoms with Crippen LogP contribution >= 0.6 is 0 Å². The van der Waals surface area contributed by atoms with Crippen molar-refractivity contribution in [3.05, 3.63) is 0 Å². The Labute approximate surface area is 166 Å². The molecule has 4 unspecified atom stereocenters. The summed E-state index contributed by atoms with van der Waals surface area (Å²) in [5.41, 5.74) is 0. The molecule has 0 spiro atoms. The van der Waals surface area contributed by atoms with E-state index in [1.165, 1.54) is 6.42 Å². The number of amides is 1. The van der Waals surface area contributed by atoms with Gasteiger partial charge in [-0.25, -0.2) is 0 Å². The Balaban J connectivity index is 2.02. The van der Waals surface area contributed by atoms with Crippen LogP contribution in [0.25, 0.3) is 0 Å². The highest BCUT2D eigenvalue weighted by molar-refractivity contribution is 5.75. The Kier molecular flexibility index (Phi) is 13.0. The van der Waals surface area contributed by atoms with Gasteiger partial charge in [-0.2, -0.15) is 0 Å². The molecular formula is C22H43NO4. The average molecular weight is 386 g/mol. The molecule has 3 N–H and O–H groups in total. The number of hydrogen-bond acceptors (Lipinski definition) is 4. The number of ether oxygens (including phenoxy) is 1. The molecule has 0 aromatic heterocycles. The predicted molar refractivity (Wildman–Crippen MR) is 110 cm³/mol. The quantitative estimate of drug-likeness (QED) is 0.373. The summed E-state index contributed by atoms with van der Waals surface area (Å²) in [5.74, 6) is 0.654. The van der Waals surface area contributed by atoms with Crippen LogP contribution in [0.1, 0.15) is 97.8 Å². The molecule has 0 aliphatic carbocycles. The Bertz CT molecular complexity index is 389. The van der Waals surface area contributed by atoms with E-state index in [-0.39, 0.29) is 18.1 Å². The molecule has 1 aliphatic heterocycles. The summed E-state index contributed by atoms with van der Waals surface area (Å²) >= 11 is 0. The molecule has 5 nitrogen and oxygen atoms in total. The van der Waals surface area contributed by atoms with E-state index < -0.39 is 12.2 Å². The number of nitrogens with one attached hydrogen (secondary N) is 1. The third-order valence-corrected chi connectivity index (χ3v) is 5.39. The number of hydrogen-bond donors (Lipinski definition) is 3. The number of unbranched alkanes of at least 4 members (excludes halogenated alkanes) is 6. The van der Waals surface area contributed by atoms with Gasteiger partial charge in [-0.3, -0.25) is 4.79 Å². The van der Waals surface area contributed by atoms with Crippen molar-refractivity contribution < 1.29 is 19.7 Å². The molecule has 1 rings (SSSR count). The fraction of sp³-hybridized carbons (Fsp3) is 0.955. The normalized spacial score (nSPS) is 23.7. The van der Waals surface area contributed by atoms with Crippen molar-refractivity contribution in [3.63, 3.8) is 0 Å². The first kappa shape index (κ1) is 24.4. The van der Waals surface area contributed by atoms with Crippen LogP contribution in [0.4, 0.5) is 0 Å². The molecule has 0 aromatic carbocycles. The van der Waals surface area contributed by atoms with Gasteiger partial charge in [0.05, 0.1) is 24.4 Å². The maximum atomic E-state index is 11.6. The van der Waals surface area contributed by atoms with Crippen LogP contribution in [-0.2, 0) is 9.53 Å². The molecule has 27 heavy (non-hydrogen) atoms. The molecule has 1 amide bonds. The van der Waals surface area contributed by atoms with Crippen molar-refractivity contribution in [2.75, 3.05) is 6.54 Å². The molecule has 0 radical (unpaired) electrons. The van der Waals surface area contributed by atoms with Crippen molar-refractivity contribution in [1.82, 2.24) is 5.32 Å². The molecule has 0 saturated carbocycles. The summed E-state index contributed by atoms with van der Waals surface area (Å²) < 4.78 is 5.90. The Hall–Kier alpha value is -0.650. The summed E-state index contributed by atoms with van der Waals surface area (Å²) in [5, 5.41) is 23.4. The number of carbonyl (C=O) groups excluding carboxylic acids is 1. The highest BCUT2D eigenvalue weighted by Gasteiger charge is 2.36. The zero-order valence-electron chi connectivity index (χ0n) is 17.8. The van der Waals surface area contributed by atoms with Gasteiger partial charge in [0.15, 0.2) is 0 Å². The zero-order chi connectivity index (χ0) is 20.1. The molecule has 1 heterocycles. The van der Waals surface area contributed by atoms with Gasteiger partial charge in [0.2, 0.25) is 5.91 Å². The third kappa shape index (κ3) is 11.1. The van der Waals surface area contributed by atoms with Gasteiger partial charge in [-0.15, -0.1) is 0 Å². The van der Waals surface area contributed by atoms with Crippen LogP contribution in [0.2, 0.25) is 0 Å². The lowest BCUT2D eigenvalue weighted by molar-refractivity contribution is -0.121. The Morgan fingerprint density at radius 2 is 1.81 bits per heavy atom. The van der Waals surface area contributed by atoms with Gasteiger partial charge < -0.3 is 20.3 Å². The lowest BCUT2D eigenvalue weighted by Gasteiger charge is -2.19. The molecule has 0 aromatic rings. The summed E-state index contributed by atoms with van der Waals surface area (Å²) in [6, 6.07) is 0. The molecular weight excluding hydrogens is 342 g/mol. The van der Waals surface area contributed by atoms with Gasteiger partial charge in [0.25, 0.3) is 0 Å². The fourth-order valence-corrected chi connectivity index (χ4v) is 3.63. The number of rotatable bonds is 15. The minimum absolute atomic E-state index is 0.0990. The molecule has 1 saturated heterocycles. The van der Waals surface area contributed by atoms with E-state index in [4.69, 9.17) is 4.74 Å². The van der Waals surface area contributed by atoms with Gasteiger partial charge in [0.1, 0.15) is 0 Å². The Morgan fingerprint density at radius 1 is 1.11 bits per heavy atom. The van der Waals surface area contributed by atoms with Crippen molar-refractivity contribution in [3.8, 4) is 0 Å². The van der Waals surface area contributed by atoms with Gasteiger partial charge in [0, 0.05) is 19.4 Å². The topological polar surface area (TPSA) is 78.8 Å². The second-order valence-electron chi connectivity index (χ2n) is 8.58. The summed E-state index contributed by atoms with van der Waals surface area (Å²) in [7, 11) is 0. The van der Waals surface area contributed by atoms with E-state index in [0.717, 1.165) is 64.3 Å². The smallest absolute Gasteiger partial charge is 0.220 e. The number of aliphatic hydroxyl groups is 2. The predicted octanol–water partition coefficient (Wildman–Crippen LogP) is 3.95. The van der Waals surface area contributed by atoms with Crippen LogP contribution in [-0.4, -0.2) is 47.1 Å². The van der Waals surface area contributed by atoms with E-state index in [0.29, 0.717) is 18.8 Å². The second kappa shape index (κ2) is 14.4. The van der Waals surface area contributed by atoms with Gasteiger partial charge >= 0.3 is 0 Å². The van der Waals surface area contributed by atoms with Crippen LogP contribution in [0, 0.1) is 5.92 Å². The third-order valence-electron chi connectivity index (χ3n) is 5.39. The number of aliphatic hydroxyl groups excluding tert-OH is 2. The average Bonchev–Trinajstić information content (AvgIpc) is 3.00. The first-order valence-electron chi connectivity index (χ1n) is 11.2. The zero-order valence-corrected chi connectivity index (χ0v) is 17.8. The first-order valence-corrected chi connectivity index (χ1v) is 11.2. The van der Waals surface area contributed by atoms with E-state index in [2.05, 4.69) is 26.1 Å². The van der Waals surface area contributed by atoms with Crippen molar-refractivity contribution in [1.29, 1.82) is 0 Å². The fourth-order valence-electron chi connectivity index (χ4n) is 3.63. The largest absolute Gasteiger partial charge is 0.390 e. The SMILES string of the molecule is CCCCCC1OC(C(O)CCCCCCCC(=O)NCC(C)C)CC1O. The standard InChI is InChI=1S/C22H43NO4/c1-4-5-9-13-20-19(25)15-21(27-20)18(24)12-10-7-6-8-11-14-22(26)23-16-17(2)3/h17-21,24-25H,4-16H2,1-3H3,(H,23,26). The lowest BCUT2D eigenvalue weighted by atomic mass is 10.0. The van der Waals surface area contributed by atoms with Gasteiger partial charge in [-0.1, -0.05) is 65.7 Å². The minimum atomic E-state index is -0.474. The monoisotopic (exact) mass is 385 g/mol. The molecule has 5 heteroatoms. The number of carbonyl (C=O) groups is 1. The molecule has 4 atom stereocenters.